The predicted octanol–water partition coefficient (Wildman–Crippen LogP) is 3.09. The monoisotopic (exact) mass is 350 g/mol. The Morgan fingerprint density at radius 3 is 3.08 bits per heavy atom. The van der Waals surface area contributed by atoms with Gasteiger partial charge in [-0.3, -0.25) is 4.79 Å². The van der Waals surface area contributed by atoms with Crippen LogP contribution in [0.15, 0.2) is 48.7 Å². The molecule has 3 aromatic rings. The topological polar surface area (TPSA) is 63.3 Å². The molecule has 134 valence electrons. The van der Waals surface area contributed by atoms with Crippen molar-refractivity contribution in [3.05, 3.63) is 59.8 Å². The summed E-state index contributed by atoms with van der Waals surface area (Å²) < 4.78 is 11.0. The minimum Gasteiger partial charge on any atom is -0.497 e. The maximum atomic E-state index is 12.5. The van der Waals surface area contributed by atoms with E-state index in [2.05, 4.69) is 22.4 Å². The van der Waals surface area contributed by atoms with Crippen LogP contribution in [0.3, 0.4) is 0 Å². The third-order valence-corrected chi connectivity index (χ3v) is 4.91. The van der Waals surface area contributed by atoms with E-state index in [-0.39, 0.29) is 11.8 Å². The Bertz CT molecular complexity index is 932. The largest absolute Gasteiger partial charge is 0.497 e. The molecule has 26 heavy (non-hydrogen) atoms. The molecule has 2 heterocycles. The summed E-state index contributed by atoms with van der Waals surface area (Å²) in [5, 5.41) is 4.26. The third-order valence-electron chi connectivity index (χ3n) is 4.91. The van der Waals surface area contributed by atoms with Crippen molar-refractivity contribution in [2.24, 2.45) is 5.92 Å². The van der Waals surface area contributed by atoms with Crippen molar-refractivity contribution in [2.45, 2.75) is 12.8 Å². The number of hydrogen-bond donors (Lipinski definition) is 2. The minimum absolute atomic E-state index is 0.0401. The number of rotatable bonds is 5. The Hall–Kier alpha value is -2.95. The lowest BCUT2D eigenvalue weighted by atomic mass is 9.95. The summed E-state index contributed by atoms with van der Waals surface area (Å²) in [5.41, 5.74) is 3.36. The smallest absolute Gasteiger partial charge is 0.226 e. The quantitative estimate of drug-likeness (QED) is 0.743. The van der Waals surface area contributed by atoms with Crippen molar-refractivity contribution in [2.75, 3.05) is 20.3 Å². The first-order valence-electron chi connectivity index (χ1n) is 8.87. The highest BCUT2D eigenvalue weighted by molar-refractivity contribution is 5.83. The number of benzene rings is 2. The summed E-state index contributed by atoms with van der Waals surface area (Å²) in [5.74, 6) is 1.50. The lowest BCUT2D eigenvalue weighted by Crippen LogP contribution is -2.38. The van der Waals surface area contributed by atoms with Crippen LogP contribution < -0.4 is 14.8 Å². The SMILES string of the molecule is COc1ccc2c(c1)CC(C(=O)NCCc1c[nH]c3ccccc13)CO2. The van der Waals surface area contributed by atoms with E-state index in [1.807, 2.05) is 36.5 Å². The average molecular weight is 350 g/mol. The third kappa shape index (κ3) is 3.25. The van der Waals surface area contributed by atoms with E-state index in [0.717, 1.165) is 29.0 Å². The number of carbonyl (C=O) groups excluding carboxylic acids is 1. The Labute approximate surface area is 152 Å². The van der Waals surface area contributed by atoms with Crippen molar-refractivity contribution in [1.82, 2.24) is 10.3 Å². The fourth-order valence-corrected chi connectivity index (χ4v) is 3.47. The molecular weight excluding hydrogens is 328 g/mol. The van der Waals surface area contributed by atoms with Gasteiger partial charge < -0.3 is 19.8 Å². The molecule has 0 fully saturated rings. The van der Waals surface area contributed by atoms with Crippen molar-refractivity contribution in [3.8, 4) is 11.5 Å². The Balaban J connectivity index is 1.35. The molecule has 1 aromatic heterocycles. The molecule has 1 aliphatic heterocycles. The highest BCUT2D eigenvalue weighted by atomic mass is 16.5. The second-order valence-electron chi connectivity index (χ2n) is 6.59. The number of amides is 1. The van der Waals surface area contributed by atoms with Gasteiger partial charge >= 0.3 is 0 Å². The van der Waals surface area contributed by atoms with Crippen LogP contribution in [0.4, 0.5) is 0 Å². The lowest BCUT2D eigenvalue weighted by Gasteiger charge is -2.25. The second-order valence-corrected chi connectivity index (χ2v) is 6.59. The van der Waals surface area contributed by atoms with Crippen molar-refractivity contribution in [1.29, 1.82) is 0 Å². The molecule has 5 heteroatoms. The van der Waals surface area contributed by atoms with E-state index >= 15 is 0 Å². The van der Waals surface area contributed by atoms with Crippen LogP contribution in [-0.2, 0) is 17.6 Å². The number of carbonyl (C=O) groups is 1. The van der Waals surface area contributed by atoms with Crippen molar-refractivity contribution in [3.63, 3.8) is 0 Å². The summed E-state index contributed by atoms with van der Waals surface area (Å²) >= 11 is 0. The molecule has 0 saturated carbocycles. The number of hydrogen-bond acceptors (Lipinski definition) is 3. The Morgan fingerprint density at radius 1 is 1.31 bits per heavy atom. The zero-order valence-electron chi connectivity index (χ0n) is 14.7. The molecule has 0 bridgehead atoms. The number of ether oxygens (including phenoxy) is 2. The standard InChI is InChI=1S/C21H22N2O3/c1-25-17-6-7-20-15(11-17)10-16(13-26-20)21(24)22-9-8-14-12-23-19-5-3-2-4-18(14)19/h2-7,11-12,16,23H,8-10,13H2,1H3,(H,22,24). The number of H-pyrrole nitrogens is 1. The van der Waals surface area contributed by atoms with Crippen LogP contribution in [-0.4, -0.2) is 31.2 Å². The zero-order chi connectivity index (χ0) is 17.9. The second kappa shape index (κ2) is 7.12. The number of para-hydroxylation sites is 1. The maximum absolute atomic E-state index is 12.5. The molecule has 2 N–H and O–H groups in total. The first-order valence-corrected chi connectivity index (χ1v) is 8.87. The molecule has 1 unspecified atom stereocenters. The molecule has 0 spiro atoms. The number of fused-ring (bicyclic) bond motifs is 2. The van der Waals surface area contributed by atoms with Gasteiger partial charge in [-0.15, -0.1) is 0 Å². The average Bonchev–Trinajstić information content (AvgIpc) is 3.10. The number of nitrogens with one attached hydrogen (secondary N) is 2. The van der Waals surface area contributed by atoms with Gasteiger partial charge in [0.25, 0.3) is 0 Å². The van der Waals surface area contributed by atoms with E-state index in [0.29, 0.717) is 19.6 Å². The minimum atomic E-state index is -0.169. The highest BCUT2D eigenvalue weighted by Crippen LogP contribution is 2.30. The van der Waals surface area contributed by atoms with E-state index in [9.17, 15) is 4.79 Å². The number of methoxy groups -OCH3 is 1. The normalized spacial score (nSPS) is 16.0. The van der Waals surface area contributed by atoms with Gasteiger partial charge in [-0.2, -0.15) is 0 Å². The van der Waals surface area contributed by atoms with E-state index in [1.54, 1.807) is 7.11 Å². The van der Waals surface area contributed by atoms with Crippen LogP contribution in [0, 0.1) is 5.92 Å². The van der Waals surface area contributed by atoms with Gasteiger partial charge in [0.2, 0.25) is 5.91 Å². The number of aromatic amines is 1. The lowest BCUT2D eigenvalue weighted by molar-refractivity contribution is -0.126. The first kappa shape index (κ1) is 16.5. The summed E-state index contributed by atoms with van der Waals surface area (Å²) in [7, 11) is 1.64. The van der Waals surface area contributed by atoms with Crippen LogP contribution in [0.1, 0.15) is 11.1 Å². The van der Waals surface area contributed by atoms with Crippen molar-refractivity contribution >= 4 is 16.8 Å². The summed E-state index contributed by atoms with van der Waals surface area (Å²) in [6.45, 7) is 1.03. The van der Waals surface area contributed by atoms with Gasteiger partial charge in [0.1, 0.15) is 18.1 Å². The molecule has 0 radical (unpaired) electrons. The molecule has 4 rings (SSSR count). The fraction of sp³-hybridized carbons (Fsp3) is 0.286. The molecule has 0 aliphatic carbocycles. The van der Waals surface area contributed by atoms with Gasteiger partial charge in [-0.25, -0.2) is 0 Å². The van der Waals surface area contributed by atoms with E-state index in [1.165, 1.54) is 10.9 Å². The molecule has 5 nitrogen and oxygen atoms in total. The molecular formula is C21H22N2O3. The summed E-state index contributed by atoms with van der Waals surface area (Å²) in [4.78, 5) is 15.8. The van der Waals surface area contributed by atoms with Gasteiger partial charge in [-0.1, -0.05) is 18.2 Å². The van der Waals surface area contributed by atoms with Gasteiger partial charge in [0.05, 0.1) is 13.0 Å². The molecule has 2 aromatic carbocycles. The predicted molar refractivity (Wildman–Crippen MR) is 101 cm³/mol. The molecule has 1 amide bonds. The van der Waals surface area contributed by atoms with Gasteiger partial charge in [0.15, 0.2) is 0 Å². The fourth-order valence-electron chi connectivity index (χ4n) is 3.47. The molecule has 0 saturated heterocycles. The Kier molecular flexibility index (Phi) is 4.52. The number of aromatic nitrogens is 1. The zero-order valence-corrected chi connectivity index (χ0v) is 14.7. The Morgan fingerprint density at radius 2 is 2.19 bits per heavy atom. The van der Waals surface area contributed by atoms with Crippen molar-refractivity contribution < 1.29 is 14.3 Å². The van der Waals surface area contributed by atoms with E-state index in [4.69, 9.17) is 9.47 Å². The van der Waals surface area contributed by atoms with Gasteiger partial charge in [-0.05, 0) is 48.2 Å². The van der Waals surface area contributed by atoms with Crippen LogP contribution in [0.25, 0.3) is 10.9 Å². The van der Waals surface area contributed by atoms with Crippen LogP contribution >= 0.6 is 0 Å². The molecule has 1 atom stereocenters. The molecule has 1 aliphatic rings. The summed E-state index contributed by atoms with van der Waals surface area (Å²) in [6, 6.07) is 13.9. The first-order chi connectivity index (χ1) is 12.7. The van der Waals surface area contributed by atoms with Crippen LogP contribution in [0.2, 0.25) is 0 Å². The van der Waals surface area contributed by atoms with E-state index < -0.39 is 0 Å². The maximum Gasteiger partial charge on any atom is 0.226 e. The highest BCUT2D eigenvalue weighted by Gasteiger charge is 2.26. The van der Waals surface area contributed by atoms with Crippen LogP contribution in [0.5, 0.6) is 11.5 Å². The summed E-state index contributed by atoms with van der Waals surface area (Å²) in [6.07, 6.45) is 3.49. The van der Waals surface area contributed by atoms with Gasteiger partial charge in [0, 0.05) is 23.6 Å².